The van der Waals surface area contributed by atoms with E-state index >= 15 is 0 Å². The number of phenols is 3. The van der Waals surface area contributed by atoms with Gasteiger partial charge in [-0.2, -0.15) is 0 Å². The first kappa shape index (κ1) is 57.2. The van der Waals surface area contributed by atoms with Crippen LogP contribution in [0.4, 0.5) is 0 Å². The van der Waals surface area contributed by atoms with Crippen LogP contribution in [0.25, 0.3) is 0 Å². The molecule has 3 aromatic heterocycles. The predicted octanol–water partition coefficient (Wildman–Crippen LogP) is 10.6. The summed E-state index contributed by atoms with van der Waals surface area (Å²) in [5.41, 5.74) is 4.62. The van der Waals surface area contributed by atoms with Gasteiger partial charge in [0.2, 0.25) is 0 Å². The van der Waals surface area contributed by atoms with Crippen LogP contribution in [0.3, 0.4) is 0 Å². The Balaban J connectivity index is 0. The van der Waals surface area contributed by atoms with E-state index in [1.54, 1.807) is 112 Å². The van der Waals surface area contributed by atoms with Crippen molar-refractivity contribution in [3.05, 3.63) is 144 Å². The Bertz CT molecular complexity index is 1800. The molecule has 3 atom stereocenters. The monoisotopic (exact) mass is 863 g/mol. The number of aromatic hydroxyl groups is 3. The van der Waals surface area contributed by atoms with Gasteiger partial charge in [0, 0.05) is 36.0 Å². The molecule has 15 heteroatoms. The zero-order chi connectivity index (χ0) is 41.0. The largest absolute Gasteiger partial charge is 0.508 e. The van der Waals surface area contributed by atoms with Crippen LogP contribution in [0.5, 0.6) is 17.2 Å². The predicted molar refractivity (Wildman–Crippen MR) is 237 cm³/mol. The van der Waals surface area contributed by atoms with Crippen LogP contribution >= 0.6 is 0 Å². The summed E-state index contributed by atoms with van der Waals surface area (Å²) in [5.74, 6) is -1.04. The fourth-order valence-electron chi connectivity index (χ4n) is 5.66. The summed E-state index contributed by atoms with van der Waals surface area (Å²) < 4.78 is 29.4. The van der Waals surface area contributed by atoms with Gasteiger partial charge in [-0.05, 0) is 73.9 Å². The molecular weight excluding hydrogens is 799 g/mol. The van der Waals surface area contributed by atoms with Gasteiger partial charge in [-0.1, -0.05) is 89.0 Å². The molecule has 0 saturated heterocycles. The second kappa shape index (κ2) is 30.2. The highest BCUT2D eigenvalue weighted by Gasteiger charge is 2.24. The Hall–Kier alpha value is -6.90. The molecule has 340 valence electrons. The Morgan fingerprint density at radius 1 is 0.435 bits per heavy atom. The van der Waals surface area contributed by atoms with E-state index in [1.165, 1.54) is 18.8 Å². The van der Waals surface area contributed by atoms with Crippen molar-refractivity contribution in [3.63, 3.8) is 0 Å². The molecule has 0 bridgehead atoms. The van der Waals surface area contributed by atoms with Crippen LogP contribution in [0, 0.1) is 0 Å². The Morgan fingerprint density at radius 2 is 0.661 bits per heavy atom. The third-order valence-electron chi connectivity index (χ3n) is 8.36. The van der Waals surface area contributed by atoms with Crippen molar-refractivity contribution < 1.29 is 57.5 Å². The molecule has 0 amide bonds. The summed E-state index contributed by atoms with van der Waals surface area (Å²) in [6.45, 7) is 6.34. The number of phenolic OH excluding ortho intramolecular Hbond substituents is 3. The molecule has 15 nitrogen and oxygen atoms in total. The van der Waals surface area contributed by atoms with Gasteiger partial charge >= 0.3 is 17.9 Å². The van der Waals surface area contributed by atoms with E-state index in [-0.39, 0.29) is 109 Å². The van der Waals surface area contributed by atoms with Crippen molar-refractivity contribution in [2.75, 3.05) is 19.8 Å². The van der Waals surface area contributed by atoms with Crippen molar-refractivity contribution in [3.8, 4) is 17.2 Å². The molecule has 0 saturated carbocycles. The molecule has 6 aromatic rings. The molecule has 0 aliphatic carbocycles. The molecule has 6 rings (SSSR count). The Kier molecular flexibility index (Phi) is 27.8. The van der Waals surface area contributed by atoms with Gasteiger partial charge in [-0.25, -0.2) is 0 Å². The number of benzene rings is 3. The van der Waals surface area contributed by atoms with E-state index in [9.17, 15) is 29.7 Å². The second-order valence-electron chi connectivity index (χ2n) is 12.2. The van der Waals surface area contributed by atoms with Crippen LogP contribution in [-0.2, 0) is 28.6 Å². The SMILES string of the molecule is C.C.C.C.C.CCOC(=O)CC(c1ccc(O)cc1)c1ccon1.CCOC(=O)C[C@@H](c1ccc(O)cc1)c1ccon1.CCOC(=O)C[C@H](c1ccc(O)cc1)c1ccon1. The maximum Gasteiger partial charge on any atom is 0.306 e. The standard InChI is InChI=1S/3C14H15NO4.5CH4/c3*1-2-18-14(17)9-12(13-7-8-19-15-13)10-3-5-11(16)6-4-10;;;;;/h3*3-8,12,16H,2,9H2,1H3;5*1H4/t2*12-;;;;;;/m10....../s1. The van der Waals surface area contributed by atoms with Gasteiger partial charge in [0.15, 0.2) is 0 Å². The Morgan fingerprint density at radius 3 is 0.839 bits per heavy atom. The molecule has 0 aliphatic heterocycles. The van der Waals surface area contributed by atoms with Crippen molar-refractivity contribution >= 4 is 17.9 Å². The maximum atomic E-state index is 11.7. The number of ether oxygens (including phenoxy) is 3. The third-order valence-corrected chi connectivity index (χ3v) is 8.36. The first-order valence-corrected chi connectivity index (χ1v) is 18.2. The van der Waals surface area contributed by atoms with Gasteiger partial charge in [0.25, 0.3) is 0 Å². The first-order chi connectivity index (χ1) is 27.6. The van der Waals surface area contributed by atoms with Gasteiger partial charge in [0.1, 0.15) is 36.0 Å². The highest BCUT2D eigenvalue weighted by Crippen LogP contribution is 2.31. The highest BCUT2D eigenvalue weighted by atomic mass is 16.5. The minimum absolute atomic E-state index is 0. The fourth-order valence-corrected chi connectivity index (χ4v) is 5.66. The van der Waals surface area contributed by atoms with E-state index < -0.39 is 0 Å². The summed E-state index contributed by atoms with van der Waals surface area (Å²) in [5, 5.41) is 39.6. The number of esters is 3. The Labute approximate surface area is 365 Å². The summed E-state index contributed by atoms with van der Waals surface area (Å²) in [6, 6.07) is 25.2. The van der Waals surface area contributed by atoms with Gasteiger partial charge in [-0.15, -0.1) is 0 Å². The molecule has 0 radical (unpaired) electrons. The number of carbonyl (C=O) groups excluding carboxylic acids is 3. The normalized spacial score (nSPS) is 11.1. The lowest BCUT2D eigenvalue weighted by atomic mass is 9.92. The van der Waals surface area contributed by atoms with Gasteiger partial charge in [-0.3, -0.25) is 14.4 Å². The summed E-state index contributed by atoms with van der Waals surface area (Å²) in [7, 11) is 0. The zero-order valence-electron chi connectivity index (χ0n) is 31.7. The van der Waals surface area contributed by atoms with E-state index in [4.69, 9.17) is 27.8 Å². The van der Waals surface area contributed by atoms with Crippen LogP contribution in [0.1, 0.15) is 129 Å². The van der Waals surface area contributed by atoms with Crippen LogP contribution in [-0.4, -0.2) is 68.5 Å². The number of hydrogen-bond acceptors (Lipinski definition) is 15. The molecule has 0 spiro atoms. The number of hydrogen-bond donors (Lipinski definition) is 3. The maximum absolute atomic E-state index is 11.7. The number of aromatic nitrogens is 3. The quantitative estimate of drug-likeness (QED) is 0.0646. The molecule has 3 aromatic carbocycles. The van der Waals surface area contributed by atoms with Crippen molar-refractivity contribution in [2.24, 2.45) is 0 Å². The zero-order valence-corrected chi connectivity index (χ0v) is 31.7. The third kappa shape index (κ3) is 18.2. The number of rotatable bonds is 15. The molecule has 62 heavy (non-hydrogen) atoms. The topological polar surface area (TPSA) is 218 Å². The summed E-state index contributed by atoms with van der Waals surface area (Å²) >= 11 is 0. The van der Waals surface area contributed by atoms with Crippen molar-refractivity contribution in [2.45, 2.75) is 94.9 Å². The van der Waals surface area contributed by atoms with Crippen LogP contribution < -0.4 is 0 Å². The molecule has 0 aliphatic rings. The number of carbonyl (C=O) groups is 3. The van der Waals surface area contributed by atoms with E-state index in [2.05, 4.69) is 15.5 Å². The van der Waals surface area contributed by atoms with E-state index in [0.717, 1.165) is 16.7 Å². The second-order valence-corrected chi connectivity index (χ2v) is 12.2. The lowest BCUT2D eigenvalue weighted by molar-refractivity contribution is -0.144. The van der Waals surface area contributed by atoms with Crippen LogP contribution in [0.15, 0.2) is 123 Å². The average molecular weight is 864 g/mol. The lowest BCUT2D eigenvalue weighted by Crippen LogP contribution is -2.11. The van der Waals surface area contributed by atoms with E-state index in [1.807, 2.05) is 0 Å². The summed E-state index contributed by atoms with van der Waals surface area (Å²) in [6.07, 6.45) is 4.96. The highest BCUT2D eigenvalue weighted by molar-refractivity contribution is 5.72. The average Bonchev–Trinajstić information content (AvgIpc) is 4.03. The first-order valence-electron chi connectivity index (χ1n) is 18.2. The van der Waals surface area contributed by atoms with Crippen molar-refractivity contribution in [1.29, 1.82) is 0 Å². The van der Waals surface area contributed by atoms with Gasteiger partial charge in [0.05, 0.1) is 56.2 Å². The molecular formula is C47H65N3O12. The smallest absolute Gasteiger partial charge is 0.306 e. The van der Waals surface area contributed by atoms with E-state index in [0.29, 0.717) is 36.9 Å². The lowest BCUT2D eigenvalue weighted by Gasteiger charge is -2.13. The fraction of sp³-hybridized carbons (Fsp3) is 0.362. The minimum Gasteiger partial charge on any atom is -0.508 e. The van der Waals surface area contributed by atoms with Gasteiger partial charge < -0.3 is 43.1 Å². The summed E-state index contributed by atoms with van der Waals surface area (Å²) in [4.78, 5) is 35.0. The molecule has 1 unspecified atom stereocenters. The number of nitrogens with zero attached hydrogens (tertiary/aromatic N) is 3. The molecule has 0 fully saturated rings. The molecule has 3 N–H and O–H groups in total. The molecule has 3 heterocycles. The minimum atomic E-state index is -0.288. The van der Waals surface area contributed by atoms with Crippen LogP contribution in [0.2, 0.25) is 0 Å². The van der Waals surface area contributed by atoms with Crippen molar-refractivity contribution in [1.82, 2.24) is 15.5 Å².